The second-order valence-electron chi connectivity index (χ2n) is 2.36. The number of hydrogen-bond donors (Lipinski definition) is 0. The van der Waals surface area contributed by atoms with E-state index >= 15 is 0 Å². The summed E-state index contributed by atoms with van der Waals surface area (Å²) in [6, 6.07) is 4.56. The van der Waals surface area contributed by atoms with Crippen molar-refractivity contribution < 1.29 is 4.39 Å². The van der Waals surface area contributed by atoms with E-state index in [9.17, 15) is 4.39 Å². The van der Waals surface area contributed by atoms with Gasteiger partial charge in [-0.25, -0.2) is 4.39 Å². The smallest absolute Gasteiger partial charge is 0.132 e. The fraction of sp³-hybridized carbons (Fsp3) is 0.111. The SMILES string of the molecule is C=C(CBr)c1ccc(Cl)cc1F. The quantitative estimate of drug-likeness (QED) is 0.698. The molecule has 0 atom stereocenters. The van der Waals surface area contributed by atoms with Gasteiger partial charge in [0.15, 0.2) is 0 Å². The predicted octanol–water partition coefficient (Wildman–Crippen LogP) is 3.89. The van der Waals surface area contributed by atoms with Crippen LogP contribution in [0, 0.1) is 5.82 Å². The third-order valence-corrected chi connectivity index (χ3v) is 2.39. The maximum atomic E-state index is 13.1. The van der Waals surface area contributed by atoms with Crippen LogP contribution in [0.25, 0.3) is 5.57 Å². The van der Waals surface area contributed by atoms with Crippen molar-refractivity contribution in [3.63, 3.8) is 0 Å². The molecule has 3 heteroatoms. The van der Waals surface area contributed by atoms with Crippen molar-refractivity contribution in [2.24, 2.45) is 0 Å². The van der Waals surface area contributed by atoms with Crippen LogP contribution in [0.5, 0.6) is 0 Å². The Morgan fingerprint density at radius 3 is 2.75 bits per heavy atom. The van der Waals surface area contributed by atoms with Crippen LogP contribution in [0.3, 0.4) is 0 Å². The summed E-state index contributed by atoms with van der Waals surface area (Å²) < 4.78 is 13.1. The molecule has 0 amide bonds. The summed E-state index contributed by atoms with van der Waals surface area (Å²) >= 11 is 8.79. The first-order valence-electron chi connectivity index (χ1n) is 3.34. The summed E-state index contributed by atoms with van der Waals surface area (Å²) in [5, 5.41) is 0.963. The zero-order valence-electron chi connectivity index (χ0n) is 6.28. The van der Waals surface area contributed by atoms with Crippen LogP contribution in [0.1, 0.15) is 5.56 Å². The summed E-state index contributed by atoms with van der Waals surface area (Å²) in [5.41, 5.74) is 1.22. The van der Waals surface area contributed by atoms with Crippen molar-refractivity contribution >= 4 is 33.1 Å². The van der Waals surface area contributed by atoms with Gasteiger partial charge in [0.1, 0.15) is 5.82 Å². The van der Waals surface area contributed by atoms with Gasteiger partial charge in [0.2, 0.25) is 0 Å². The second-order valence-corrected chi connectivity index (χ2v) is 3.36. The highest BCUT2D eigenvalue weighted by molar-refractivity contribution is 9.09. The van der Waals surface area contributed by atoms with Gasteiger partial charge in [-0.15, -0.1) is 0 Å². The van der Waals surface area contributed by atoms with Crippen LogP contribution < -0.4 is 0 Å². The lowest BCUT2D eigenvalue weighted by atomic mass is 10.1. The van der Waals surface area contributed by atoms with E-state index in [0.717, 1.165) is 0 Å². The molecule has 0 spiro atoms. The Labute approximate surface area is 84.2 Å². The van der Waals surface area contributed by atoms with E-state index in [0.29, 0.717) is 21.5 Å². The first-order valence-corrected chi connectivity index (χ1v) is 4.84. The Morgan fingerprint density at radius 1 is 1.58 bits per heavy atom. The van der Waals surface area contributed by atoms with E-state index in [-0.39, 0.29) is 5.82 Å². The highest BCUT2D eigenvalue weighted by atomic mass is 79.9. The Hall–Kier alpha value is -0.340. The molecule has 64 valence electrons. The van der Waals surface area contributed by atoms with E-state index in [1.165, 1.54) is 6.07 Å². The molecule has 1 rings (SSSR count). The van der Waals surface area contributed by atoms with Crippen molar-refractivity contribution in [1.29, 1.82) is 0 Å². The Kier molecular flexibility index (Phi) is 3.29. The summed E-state index contributed by atoms with van der Waals surface area (Å²) in [5.74, 6) is -0.327. The van der Waals surface area contributed by atoms with Gasteiger partial charge in [0, 0.05) is 15.9 Å². The normalized spacial score (nSPS) is 9.92. The summed E-state index contributed by atoms with van der Waals surface area (Å²) in [7, 11) is 0. The number of hydrogen-bond acceptors (Lipinski definition) is 0. The van der Waals surface area contributed by atoms with Crippen molar-refractivity contribution in [1.82, 2.24) is 0 Å². The first kappa shape index (κ1) is 9.75. The molecule has 1 aromatic rings. The molecule has 0 aliphatic rings. The van der Waals surface area contributed by atoms with Crippen LogP contribution in [-0.4, -0.2) is 5.33 Å². The van der Waals surface area contributed by atoms with Gasteiger partial charge in [-0.1, -0.05) is 40.2 Å². The molecule has 0 aromatic heterocycles. The molecule has 0 N–H and O–H groups in total. The Bertz CT molecular complexity index is 309. The lowest BCUT2D eigenvalue weighted by molar-refractivity contribution is 0.624. The number of rotatable bonds is 2. The zero-order chi connectivity index (χ0) is 9.14. The van der Waals surface area contributed by atoms with Gasteiger partial charge in [0.05, 0.1) is 0 Å². The van der Waals surface area contributed by atoms with Crippen molar-refractivity contribution in [3.8, 4) is 0 Å². The molecule has 0 aliphatic heterocycles. The number of alkyl halides is 1. The number of benzene rings is 1. The zero-order valence-corrected chi connectivity index (χ0v) is 8.62. The fourth-order valence-corrected chi connectivity index (χ4v) is 1.31. The van der Waals surface area contributed by atoms with Gasteiger partial charge in [-0.3, -0.25) is 0 Å². The molecule has 0 unspecified atom stereocenters. The summed E-state index contributed by atoms with van der Waals surface area (Å²) in [6.07, 6.45) is 0. The molecule has 0 fully saturated rings. The van der Waals surface area contributed by atoms with Crippen LogP contribution in [0.2, 0.25) is 5.02 Å². The van der Waals surface area contributed by atoms with Crippen LogP contribution in [0.15, 0.2) is 24.8 Å². The van der Waals surface area contributed by atoms with Gasteiger partial charge in [-0.2, -0.15) is 0 Å². The molecule has 0 bridgehead atoms. The highest BCUT2D eigenvalue weighted by Gasteiger charge is 2.04. The molecule has 0 saturated heterocycles. The summed E-state index contributed by atoms with van der Waals surface area (Å²) in [6.45, 7) is 3.70. The molecule has 0 nitrogen and oxygen atoms in total. The minimum absolute atomic E-state index is 0.327. The molecule has 0 aliphatic carbocycles. The van der Waals surface area contributed by atoms with Crippen molar-refractivity contribution in [3.05, 3.63) is 41.2 Å². The molecule has 0 saturated carbocycles. The maximum Gasteiger partial charge on any atom is 0.132 e. The molecule has 12 heavy (non-hydrogen) atoms. The van der Waals surface area contributed by atoms with Crippen LogP contribution in [-0.2, 0) is 0 Å². The molecular formula is C9H7BrClF. The maximum absolute atomic E-state index is 13.1. The fourth-order valence-electron chi connectivity index (χ4n) is 0.848. The van der Waals surface area contributed by atoms with E-state index in [2.05, 4.69) is 22.5 Å². The van der Waals surface area contributed by atoms with Crippen LogP contribution in [0.4, 0.5) is 4.39 Å². The largest absolute Gasteiger partial charge is 0.206 e. The third kappa shape index (κ3) is 2.08. The Balaban J connectivity index is 3.09. The highest BCUT2D eigenvalue weighted by Crippen LogP contribution is 2.21. The average Bonchev–Trinajstić information content (AvgIpc) is 2.03. The molecule has 0 radical (unpaired) electrons. The third-order valence-electron chi connectivity index (χ3n) is 1.47. The lowest BCUT2D eigenvalue weighted by Crippen LogP contribution is -1.88. The van der Waals surface area contributed by atoms with E-state index < -0.39 is 0 Å². The van der Waals surface area contributed by atoms with Crippen LogP contribution >= 0.6 is 27.5 Å². The lowest BCUT2D eigenvalue weighted by Gasteiger charge is -2.03. The van der Waals surface area contributed by atoms with Gasteiger partial charge in [-0.05, 0) is 17.7 Å². The molecular weight excluding hydrogens is 242 g/mol. The first-order chi connectivity index (χ1) is 5.65. The van der Waals surface area contributed by atoms with Gasteiger partial charge < -0.3 is 0 Å². The standard InChI is InChI=1S/C9H7BrClF/c1-6(5-10)8-3-2-7(11)4-9(8)12/h2-4H,1,5H2. The molecule has 1 aromatic carbocycles. The van der Waals surface area contributed by atoms with Crippen molar-refractivity contribution in [2.75, 3.05) is 5.33 Å². The number of allylic oxidation sites excluding steroid dienone is 1. The second kappa shape index (κ2) is 4.06. The van der Waals surface area contributed by atoms with E-state index in [1.54, 1.807) is 12.1 Å². The number of halogens is 3. The monoisotopic (exact) mass is 248 g/mol. The topological polar surface area (TPSA) is 0 Å². The minimum atomic E-state index is -0.327. The summed E-state index contributed by atoms with van der Waals surface area (Å²) in [4.78, 5) is 0. The van der Waals surface area contributed by atoms with Gasteiger partial charge >= 0.3 is 0 Å². The predicted molar refractivity (Wildman–Crippen MR) is 54.2 cm³/mol. The average molecular weight is 250 g/mol. The van der Waals surface area contributed by atoms with E-state index in [1.807, 2.05) is 0 Å². The van der Waals surface area contributed by atoms with Crippen molar-refractivity contribution in [2.45, 2.75) is 0 Å². The van der Waals surface area contributed by atoms with Gasteiger partial charge in [0.25, 0.3) is 0 Å². The molecule has 0 heterocycles. The van der Waals surface area contributed by atoms with E-state index in [4.69, 9.17) is 11.6 Å². The Morgan fingerprint density at radius 2 is 2.25 bits per heavy atom. The minimum Gasteiger partial charge on any atom is -0.206 e.